The second-order valence-electron chi connectivity index (χ2n) is 3.49. The smallest absolute Gasteiger partial charge is 0.242 e. The number of nitrogens with one attached hydrogen (secondary N) is 1. The molecule has 0 radical (unpaired) electrons. The molecule has 0 aliphatic rings. The van der Waals surface area contributed by atoms with E-state index in [2.05, 4.69) is 9.71 Å². The van der Waals surface area contributed by atoms with Gasteiger partial charge >= 0.3 is 0 Å². The van der Waals surface area contributed by atoms with Gasteiger partial charge in [0, 0.05) is 19.9 Å². The van der Waals surface area contributed by atoms with Gasteiger partial charge in [0.25, 0.3) is 0 Å². The second-order valence-corrected chi connectivity index (χ2v) is 5.26. The SMILES string of the molecule is COCCOCCNS(=O)(=O)c1ccc(C#N)nc1. The van der Waals surface area contributed by atoms with E-state index in [0.717, 1.165) is 6.20 Å². The largest absolute Gasteiger partial charge is 0.382 e. The fourth-order valence-corrected chi connectivity index (χ4v) is 2.14. The Morgan fingerprint density at radius 3 is 2.74 bits per heavy atom. The molecule has 0 aliphatic heterocycles. The van der Waals surface area contributed by atoms with Crippen molar-refractivity contribution >= 4 is 10.0 Å². The number of nitriles is 1. The molecule has 0 aliphatic carbocycles. The summed E-state index contributed by atoms with van der Waals surface area (Å²) in [6.45, 7) is 1.29. The first-order valence-corrected chi connectivity index (χ1v) is 7.01. The van der Waals surface area contributed by atoms with E-state index in [1.54, 1.807) is 7.11 Å². The minimum Gasteiger partial charge on any atom is -0.382 e. The van der Waals surface area contributed by atoms with Crippen molar-refractivity contribution in [3.63, 3.8) is 0 Å². The lowest BCUT2D eigenvalue weighted by Crippen LogP contribution is -2.28. The van der Waals surface area contributed by atoms with E-state index in [-0.39, 0.29) is 23.7 Å². The Balaban J connectivity index is 2.45. The Kier molecular flexibility index (Phi) is 6.38. The lowest BCUT2D eigenvalue weighted by Gasteiger charge is -2.07. The molecule has 19 heavy (non-hydrogen) atoms. The third-order valence-corrected chi connectivity index (χ3v) is 3.58. The molecule has 1 aromatic rings. The average Bonchev–Trinajstić information content (AvgIpc) is 2.43. The predicted molar refractivity (Wildman–Crippen MR) is 66.8 cm³/mol. The van der Waals surface area contributed by atoms with Crippen molar-refractivity contribution in [1.29, 1.82) is 5.26 Å². The molecule has 1 aromatic heterocycles. The summed E-state index contributed by atoms with van der Waals surface area (Å²) >= 11 is 0. The molecule has 0 aromatic carbocycles. The summed E-state index contributed by atoms with van der Waals surface area (Å²) in [5, 5.41) is 8.57. The molecule has 1 rings (SSSR count). The molecule has 0 bridgehead atoms. The van der Waals surface area contributed by atoms with Gasteiger partial charge in [0.15, 0.2) is 0 Å². The second kappa shape index (κ2) is 7.81. The van der Waals surface area contributed by atoms with Crippen LogP contribution in [0.15, 0.2) is 23.2 Å². The van der Waals surface area contributed by atoms with Crippen LogP contribution < -0.4 is 4.72 Å². The molecule has 1 N–H and O–H groups in total. The number of sulfonamides is 1. The summed E-state index contributed by atoms with van der Waals surface area (Å²) in [4.78, 5) is 3.72. The third-order valence-electron chi connectivity index (χ3n) is 2.13. The Bertz CT molecular complexity index is 522. The number of hydrogen-bond acceptors (Lipinski definition) is 6. The molecular formula is C11H15N3O4S. The molecule has 1 heterocycles. The number of aromatic nitrogens is 1. The summed E-state index contributed by atoms with van der Waals surface area (Å²) in [6.07, 6.45) is 1.15. The summed E-state index contributed by atoms with van der Waals surface area (Å²) in [5.41, 5.74) is 0.168. The third kappa shape index (κ3) is 5.32. The highest BCUT2D eigenvalue weighted by molar-refractivity contribution is 7.89. The van der Waals surface area contributed by atoms with E-state index in [4.69, 9.17) is 14.7 Å². The first kappa shape index (κ1) is 15.5. The molecule has 0 saturated carbocycles. The van der Waals surface area contributed by atoms with Crippen LogP contribution in [0.4, 0.5) is 0 Å². The van der Waals surface area contributed by atoms with Crippen LogP contribution in [0.5, 0.6) is 0 Å². The molecule has 7 nitrogen and oxygen atoms in total. The van der Waals surface area contributed by atoms with Crippen molar-refractivity contribution in [2.45, 2.75) is 4.90 Å². The van der Waals surface area contributed by atoms with Crippen LogP contribution in [0.1, 0.15) is 5.69 Å². The van der Waals surface area contributed by atoms with Gasteiger partial charge in [-0.2, -0.15) is 5.26 Å². The Labute approximate surface area is 112 Å². The lowest BCUT2D eigenvalue weighted by molar-refractivity contribution is 0.0736. The van der Waals surface area contributed by atoms with Crippen LogP contribution in [-0.2, 0) is 19.5 Å². The summed E-state index contributed by atoms with van der Waals surface area (Å²) in [7, 11) is -2.05. The van der Waals surface area contributed by atoms with Crippen molar-refractivity contribution in [2.75, 3.05) is 33.5 Å². The molecule has 0 amide bonds. The first-order chi connectivity index (χ1) is 9.10. The van der Waals surface area contributed by atoms with Gasteiger partial charge in [-0.15, -0.1) is 0 Å². The maximum Gasteiger partial charge on any atom is 0.242 e. The monoisotopic (exact) mass is 285 g/mol. The number of nitrogens with zero attached hydrogens (tertiary/aromatic N) is 2. The molecule has 104 valence electrons. The van der Waals surface area contributed by atoms with Gasteiger partial charge in [-0.05, 0) is 12.1 Å². The Hall–Kier alpha value is -1.53. The zero-order chi connectivity index (χ0) is 14.1. The minimum absolute atomic E-state index is 0.0170. The maximum absolute atomic E-state index is 11.8. The van der Waals surface area contributed by atoms with Gasteiger partial charge in [-0.3, -0.25) is 0 Å². The van der Waals surface area contributed by atoms with Crippen LogP contribution >= 0.6 is 0 Å². The van der Waals surface area contributed by atoms with Crippen molar-refractivity contribution in [1.82, 2.24) is 9.71 Å². The van der Waals surface area contributed by atoms with Gasteiger partial charge in [-0.1, -0.05) is 0 Å². The van der Waals surface area contributed by atoms with Gasteiger partial charge in [0.1, 0.15) is 16.7 Å². The van der Waals surface area contributed by atoms with E-state index < -0.39 is 10.0 Å². The van der Waals surface area contributed by atoms with E-state index in [9.17, 15) is 8.42 Å². The fraction of sp³-hybridized carbons (Fsp3) is 0.455. The van der Waals surface area contributed by atoms with Gasteiger partial charge in [0.05, 0.1) is 19.8 Å². The van der Waals surface area contributed by atoms with Crippen LogP contribution in [0, 0.1) is 11.3 Å². The molecule has 8 heteroatoms. The molecule has 0 atom stereocenters. The number of rotatable bonds is 8. The fourth-order valence-electron chi connectivity index (χ4n) is 1.18. The molecule has 0 spiro atoms. The number of pyridine rings is 1. The Morgan fingerprint density at radius 2 is 2.16 bits per heavy atom. The average molecular weight is 285 g/mol. The highest BCUT2D eigenvalue weighted by Crippen LogP contribution is 2.06. The number of hydrogen-bond donors (Lipinski definition) is 1. The highest BCUT2D eigenvalue weighted by Gasteiger charge is 2.13. The summed E-state index contributed by atoms with van der Waals surface area (Å²) in [6, 6.07) is 4.50. The van der Waals surface area contributed by atoms with Crippen LogP contribution in [0.2, 0.25) is 0 Å². The van der Waals surface area contributed by atoms with Gasteiger partial charge in [-0.25, -0.2) is 18.1 Å². The van der Waals surface area contributed by atoms with Crippen molar-refractivity contribution in [2.24, 2.45) is 0 Å². The molecular weight excluding hydrogens is 270 g/mol. The Morgan fingerprint density at radius 1 is 1.37 bits per heavy atom. The van der Waals surface area contributed by atoms with Gasteiger partial charge in [0.2, 0.25) is 10.0 Å². The van der Waals surface area contributed by atoms with E-state index >= 15 is 0 Å². The maximum atomic E-state index is 11.8. The molecule has 0 saturated heterocycles. The van der Waals surface area contributed by atoms with E-state index in [0.29, 0.717) is 13.2 Å². The quantitative estimate of drug-likeness (QED) is 0.669. The summed E-state index contributed by atoms with van der Waals surface area (Å²) in [5.74, 6) is 0. The zero-order valence-corrected chi connectivity index (χ0v) is 11.3. The van der Waals surface area contributed by atoms with Crippen LogP contribution in [0.3, 0.4) is 0 Å². The molecule has 0 unspecified atom stereocenters. The van der Waals surface area contributed by atoms with Crippen LogP contribution in [0.25, 0.3) is 0 Å². The standard InChI is InChI=1S/C11H15N3O4S/c1-17-6-7-18-5-4-14-19(15,16)11-3-2-10(8-12)13-9-11/h2-3,9,14H,4-7H2,1H3. The highest BCUT2D eigenvalue weighted by atomic mass is 32.2. The summed E-state index contributed by atoms with van der Waals surface area (Å²) < 4.78 is 35.9. The lowest BCUT2D eigenvalue weighted by atomic mass is 10.4. The topological polar surface area (TPSA) is 101 Å². The number of methoxy groups -OCH3 is 1. The molecule has 0 fully saturated rings. The predicted octanol–water partition coefficient (Wildman–Crippen LogP) is -0.105. The van der Waals surface area contributed by atoms with E-state index in [1.807, 2.05) is 6.07 Å². The van der Waals surface area contributed by atoms with Gasteiger partial charge < -0.3 is 9.47 Å². The zero-order valence-electron chi connectivity index (χ0n) is 10.5. The van der Waals surface area contributed by atoms with E-state index in [1.165, 1.54) is 12.1 Å². The van der Waals surface area contributed by atoms with Crippen molar-refractivity contribution < 1.29 is 17.9 Å². The van der Waals surface area contributed by atoms with Crippen molar-refractivity contribution in [3.05, 3.63) is 24.0 Å². The van der Waals surface area contributed by atoms with Crippen LogP contribution in [-0.4, -0.2) is 46.9 Å². The normalized spacial score (nSPS) is 11.2. The minimum atomic E-state index is -3.61. The first-order valence-electron chi connectivity index (χ1n) is 5.52. The number of ether oxygens (including phenoxy) is 2. The van der Waals surface area contributed by atoms with Crippen molar-refractivity contribution in [3.8, 4) is 6.07 Å².